The van der Waals surface area contributed by atoms with Crippen molar-refractivity contribution in [2.45, 2.75) is 0 Å². The molecule has 0 amide bonds. The molecule has 0 aromatic heterocycles. The van der Waals surface area contributed by atoms with Gasteiger partial charge in [0.15, 0.2) is 0 Å². The molecular weight excluding hydrogens is 398 g/mol. The molecule has 0 saturated carbocycles. The zero-order chi connectivity index (χ0) is 0. The molecule has 4 heavy (non-hydrogen) atoms. The van der Waals surface area contributed by atoms with Crippen LogP contribution in [0.3, 0.4) is 0 Å². The van der Waals surface area contributed by atoms with Gasteiger partial charge in [-0.25, -0.2) is 0 Å². The van der Waals surface area contributed by atoms with Gasteiger partial charge in [0, 0.05) is 27.3 Å². The molecule has 4 heteroatoms. The van der Waals surface area contributed by atoms with Gasteiger partial charge in [-0.15, -0.1) is 0 Å². The first-order valence-corrected chi connectivity index (χ1v) is 0. The minimum atomic E-state index is 0. The van der Waals surface area contributed by atoms with Crippen LogP contribution >= 0.6 is 0 Å². The topological polar surface area (TPSA) is 30.0 Å². The first-order chi connectivity index (χ1) is 0. The summed E-state index contributed by atoms with van der Waals surface area (Å²) in [4.78, 5) is 0. The molecule has 0 aliphatic rings. The van der Waals surface area contributed by atoms with E-state index in [2.05, 4.69) is 0 Å². The van der Waals surface area contributed by atoms with Gasteiger partial charge < -0.3 is 5.48 Å². The van der Waals surface area contributed by atoms with Crippen molar-refractivity contribution in [2.24, 2.45) is 0 Å². The largest absolute Gasteiger partial charge is 0.870 e. The van der Waals surface area contributed by atoms with Crippen LogP contribution in [0.5, 0.6) is 0 Å². The smallest absolute Gasteiger partial charge is 0 e. The molecule has 0 spiro atoms. The first-order valence-electron chi connectivity index (χ1n) is 0. The minimum Gasteiger partial charge on any atom is -0.870 e. The summed E-state index contributed by atoms with van der Waals surface area (Å²) in [5.74, 6) is 0. The van der Waals surface area contributed by atoms with Gasteiger partial charge in [-0.05, 0) is 0 Å². The van der Waals surface area contributed by atoms with Gasteiger partial charge >= 0.3 is 86.6 Å². The molecule has 1 N–H and O–H groups in total. The summed E-state index contributed by atoms with van der Waals surface area (Å²) in [5, 5.41) is 0. The molecule has 0 heterocycles. The average Bonchev–Trinajstić information content (AvgIpc) is 0. The summed E-state index contributed by atoms with van der Waals surface area (Å²) in [7, 11) is 0. The Hall–Kier alpha value is 3.71. The molecule has 1 nitrogen and oxygen atoms in total. The minimum absolute atomic E-state index is 0. The number of rotatable bonds is 0. The maximum absolute atomic E-state index is 0. The van der Waals surface area contributed by atoms with Crippen molar-refractivity contribution in [3.05, 3.63) is 0 Å². The van der Waals surface area contributed by atoms with Gasteiger partial charge in [-0.3, -0.25) is 0 Å². The molecule has 1 radical (unpaired) electrons. The molecule has 0 fully saturated rings. The zero-order valence-electron chi connectivity index (χ0n) is 2.02. The van der Waals surface area contributed by atoms with Gasteiger partial charge in [0.1, 0.15) is 0 Å². The number of hydrogen-bond acceptors (Lipinski definition) is 1. The van der Waals surface area contributed by atoms with Gasteiger partial charge in [-0.2, -0.15) is 0 Å². The van der Waals surface area contributed by atoms with Crippen LogP contribution < -0.4 is 0 Å². The Morgan fingerprint density at radius 1 is 1.00 bits per heavy atom. The predicted molar refractivity (Wildman–Crippen MR) is 23.4 cm³/mol. The summed E-state index contributed by atoms with van der Waals surface area (Å²) in [5.41, 5.74) is 0. The molecular formula is H4BaCaOTl. The average molecular weight is 402 g/mol. The van der Waals surface area contributed by atoms with Gasteiger partial charge in [0.05, 0.1) is 0 Å². The molecule has 0 aromatic carbocycles. The summed E-state index contributed by atoms with van der Waals surface area (Å²) < 4.78 is 0. The molecule has 0 aliphatic heterocycles. The summed E-state index contributed by atoms with van der Waals surface area (Å²) in [6, 6.07) is 0. The maximum Gasteiger partial charge on any atom is 0 e. The summed E-state index contributed by atoms with van der Waals surface area (Å²) in [6.45, 7) is 0. The molecule has 0 bridgehead atoms. The molecule has 0 aliphatic carbocycles. The van der Waals surface area contributed by atoms with E-state index in [1.165, 1.54) is 0 Å². The van der Waals surface area contributed by atoms with Crippen LogP contribution in [0.15, 0.2) is 0 Å². The van der Waals surface area contributed by atoms with E-state index in [9.17, 15) is 0 Å². The Labute approximate surface area is 116 Å². The van der Waals surface area contributed by atoms with Crippen LogP contribution in [0.1, 0.15) is 0 Å². The van der Waals surface area contributed by atoms with E-state index < -0.39 is 0 Å². The van der Waals surface area contributed by atoms with E-state index in [1.807, 2.05) is 0 Å². The standard InChI is InChI=1S/Ba.Ca.H2O.Tl.3H/h;;1H2;;;;/q;+1;;;;;/p-1. The number of hydrogen-bond donors (Lipinski definition) is 0. The van der Waals surface area contributed by atoms with Crippen molar-refractivity contribution in [1.29, 1.82) is 0 Å². The Balaban J connectivity index is 0. The van der Waals surface area contributed by atoms with Crippen molar-refractivity contribution in [3.63, 3.8) is 0 Å². The molecule has 17 valence electrons. The van der Waals surface area contributed by atoms with Crippen molar-refractivity contribution >= 4 is 114 Å². The van der Waals surface area contributed by atoms with Crippen LogP contribution in [0.2, 0.25) is 0 Å². The molecule has 0 rings (SSSR count). The van der Waals surface area contributed by atoms with E-state index in [-0.39, 0.29) is 119 Å². The monoisotopic (exact) mass is 403 g/mol. The Kier molecular flexibility index (Phi) is 100. The van der Waals surface area contributed by atoms with Crippen LogP contribution in [-0.4, -0.2) is 119 Å². The molecule has 0 aromatic rings. The van der Waals surface area contributed by atoms with E-state index in [0.717, 1.165) is 0 Å². The first kappa shape index (κ1) is 25.2. The van der Waals surface area contributed by atoms with Crippen molar-refractivity contribution in [2.75, 3.05) is 0 Å². The summed E-state index contributed by atoms with van der Waals surface area (Å²) >= 11 is 0. The SMILES string of the molecule is [BaH2].[CaH+].[OH-].[Tl]. The zero-order valence-corrected chi connectivity index (χ0v) is 9.64. The Morgan fingerprint density at radius 2 is 1.00 bits per heavy atom. The van der Waals surface area contributed by atoms with E-state index in [1.54, 1.807) is 0 Å². The van der Waals surface area contributed by atoms with Gasteiger partial charge in [0.2, 0.25) is 0 Å². The second-order valence-corrected chi connectivity index (χ2v) is 0. The van der Waals surface area contributed by atoms with Crippen LogP contribution in [-0.2, 0) is 0 Å². The van der Waals surface area contributed by atoms with E-state index in [0.29, 0.717) is 0 Å². The predicted octanol–water partition coefficient (Wildman–Crippen LogP) is -2.12. The second-order valence-electron chi connectivity index (χ2n) is 0. The van der Waals surface area contributed by atoms with Crippen molar-refractivity contribution < 1.29 is 5.48 Å². The maximum atomic E-state index is 0. The van der Waals surface area contributed by atoms with E-state index >= 15 is 0 Å². The third-order valence-electron chi connectivity index (χ3n) is 0. The molecule has 0 atom stereocenters. The normalized spacial score (nSPS) is 0. The third kappa shape index (κ3) is 9.20. The molecule has 0 saturated heterocycles. The Morgan fingerprint density at radius 3 is 1.00 bits per heavy atom. The van der Waals surface area contributed by atoms with Crippen molar-refractivity contribution in [3.8, 4) is 0 Å². The fourth-order valence-corrected chi connectivity index (χ4v) is 0. The molecule has 0 unspecified atom stereocenters. The quantitative estimate of drug-likeness (QED) is 0.427. The van der Waals surface area contributed by atoms with Crippen molar-refractivity contribution in [1.82, 2.24) is 0 Å². The Bertz CT molecular complexity index is 8.00. The fourth-order valence-electron chi connectivity index (χ4n) is 0. The fraction of sp³-hybridized carbons (Fsp3) is 0. The van der Waals surface area contributed by atoms with E-state index in [4.69, 9.17) is 0 Å². The van der Waals surface area contributed by atoms with Gasteiger partial charge in [0.25, 0.3) is 0 Å². The third-order valence-corrected chi connectivity index (χ3v) is 0. The van der Waals surface area contributed by atoms with Crippen LogP contribution in [0.25, 0.3) is 0 Å². The van der Waals surface area contributed by atoms with Crippen LogP contribution in [0.4, 0.5) is 0 Å². The second kappa shape index (κ2) is 15.9. The van der Waals surface area contributed by atoms with Crippen LogP contribution in [0, 0.1) is 0 Å². The van der Waals surface area contributed by atoms with Gasteiger partial charge in [-0.1, -0.05) is 0 Å². The summed E-state index contributed by atoms with van der Waals surface area (Å²) in [6.07, 6.45) is 0.